The number of aliphatic hydroxyl groups excluding tert-OH is 2. The van der Waals surface area contributed by atoms with Crippen LogP contribution in [0.1, 0.15) is 65.7 Å². The summed E-state index contributed by atoms with van der Waals surface area (Å²) in [5.74, 6) is 1.45. The summed E-state index contributed by atoms with van der Waals surface area (Å²) in [5, 5.41) is 35.5. The number of aliphatic hydroxyl groups is 2. The summed E-state index contributed by atoms with van der Waals surface area (Å²) >= 11 is 0. The van der Waals surface area contributed by atoms with Gasteiger partial charge in [-0.2, -0.15) is 4.57 Å². The van der Waals surface area contributed by atoms with E-state index < -0.39 is 11.6 Å². The number of nitrogens with zero attached hydrogens (tertiary/aromatic N) is 2. The number of aromatic nitrogens is 1. The Bertz CT molecular complexity index is 921. The molecule has 176 valence electrons. The van der Waals surface area contributed by atoms with Crippen LogP contribution in [0.4, 0.5) is 0 Å². The molecule has 5 nitrogen and oxygen atoms in total. The first-order valence-corrected chi connectivity index (χ1v) is 12.0. The first-order valence-electron chi connectivity index (χ1n) is 12.0. The van der Waals surface area contributed by atoms with Crippen LogP contribution in [-0.2, 0) is 5.54 Å². The van der Waals surface area contributed by atoms with E-state index >= 15 is 0 Å². The van der Waals surface area contributed by atoms with Crippen LogP contribution in [0, 0.1) is 28.6 Å². The van der Waals surface area contributed by atoms with Crippen molar-refractivity contribution in [2.75, 3.05) is 0 Å². The number of hydrogen-bond acceptors (Lipinski definition) is 4. The van der Waals surface area contributed by atoms with Crippen molar-refractivity contribution in [1.82, 2.24) is 0 Å². The summed E-state index contributed by atoms with van der Waals surface area (Å²) in [7, 11) is 0. The van der Waals surface area contributed by atoms with E-state index in [0.29, 0.717) is 23.5 Å². The minimum atomic E-state index is -0.744. The summed E-state index contributed by atoms with van der Waals surface area (Å²) < 4.78 is 2.11. The second kappa shape index (κ2) is 8.11. The normalized spacial score (nSPS) is 45.7. The van der Waals surface area contributed by atoms with Gasteiger partial charge < -0.3 is 27.8 Å². The number of hydrogen-bond donors (Lipinski definition) is 3. The van der Waals surface area contributed by atoms with Gasteiger partial charge in [0.2, 0.25) is 5.54 Å². The average Bonchev–Trinajstić information content (AvgIpc) is 3.01. The van der Waals surface area contributed by atoms with E-state index in [1.54, 1.807) is 0 Å². The smallest absolute Gasteiger partial charge is 0.239 e. The van der Waals surface area contributed by atoms with Gasteiger partial charge in [0, 0.05) is 17.5 Å². The maximum Gasteiger partial charge on any atom is 0.239 e. The third kappa shape index (κ3) is 2.90. The molecule has 4 aliphatic carbocycles. The van der Waals surface area contributed by atoms with Gasteiger partial charge in [-0.05, 0) is 75.0 Å². The Hall–Kier alpha value is -1.43. The van der Waals surface area contributed by atoms with Crippen LogP contribution in [0.3, 0.4) is 0 Å². The molecule has 3 saturated carbocycles. The molecule has 3 fully saturated rings. The predicted octanol–water partition coefficient (Wildman–Crippen LogP) is 0.818. The Morgan fingerprint density at radius 1 is 1.06 bits per heavy atom. The standard InChI is InChI=1S/C26H36N2O3.ClH/c1-17(27-31)26(28-13-5-4-6-14-28)23(30)16-22-20-8-7-18-15-19(29)9-11-24(18,2)21(20)10-12-25(22,26)3;/h4-7,13-14,19-23,29-30H,8-12,15-16H2,1-3H3;1H/b27-17+;/t19?,20?,21?,22?,23-,24?,25?,26-;/m1./s1. The van der Waals surface area contributed by atoms with Crippen molar-refractivity contribution < 1.29 is 32.4 Å². The summed E-state index contributed by atoms with van der Waals surface area (Å²) in [6.07, 6.45) is 12.3. The SMILES string of the molecule is C/C(=N\O)[C@@]1([n+]2ccccc2)[C@H](O)CC2C3CC=C4CC(O)CCC4(C)C3CCC21C.[Cl-]. The van der Waals surface area contributed by atoms with Gasteiger partial charge in [-0.1, -0.05) is 36.7 Å². The van der Waals surface area contributed by atoms with Crippen molar-refractivity contribution in [2.45, 2.75) is 83.5 Å². The van der Waals surface area contributed by atoms with Crippen LogP contribution < -0.4 is 17.0 Å². The van der Waals surface area contributed by atoms with Crippen molar-refractivity contribution in [1.29, 1.82) is 0 Å². The Morgan fingerprint density at radius 3 is 2.47 bits per heavy atom. The quantitative estimate of drug-likeness (QED) is 0.201. The van der Waals surface area contributed by atoms with Gasteiger partial charge in [0.1, 0.15) is 11.8 Å². The highest BCUT2D eigenvalue weighted by molar-refractivity contribution is 5.89. The lowest BCUT2D eigenvalue weighted by Gasteiger charge is -2.58. The molecule has 6 heteroatoms. The summed E-state index contributed by atoms with van der Waals surface area (Å²) in [4.78, 5) is 0. The van der Waals surface area contributed by atoms with Crippen molar-refractivity contribution in [3.63, 3.8) is 0 Å². The Kier molecular flexibility index (Phi) is 6.01. The van der Waals surface area contributed by atoms with Crippen molar-refractivity contribution in [3.8, 4) is 0 Å². The van der Waals surface area contributed by atoms with Crippen molar-refractivity contribution >= 4 is 5.71 Å². The highest BCUT2D eigenvalue weighted by atomic mass is 35.5. The lowest BCUT2D eigenvalue weighted by molar-refractivity contribution is -0.766. The molecule has 1 heterocycles. The lowest BCUT2D eigenvalue weighted by atomic mass is 9.46. The minimum Gasteiger partial charge on any atom is -1.00 e. The number of allylic oxidation sites excluding steroid dienone is 1. The molecule has 5 rings (SSSR count). The van der Waals surface area contributed by atoms with E-state index in [-0.39, 0.29) is 29.3 Å². The molecule has 0 bridgehead atoms. The van der Waals surface area contributed by atoms with Crippen LogP contribution in [0.25, 0.3) is 0 Å². The molecule has 32 heavy (non-hydrogen) atoms. The van der Waals surface area contributed by atoms with Gasteiger partial charge in [-0.3, -0.25) is 0 Å². The van der Waals surface area contributed by atoms with Crippen molar-refractivity contribution in [2.24, 2.45) is 33.7 Å². The topological polar surface area (TPSA) is 76.9 Å². The number of rotatable bonds is 2. The first kappa shape index (κ1) is 23.7. The molecular weight excluding hydrogens is 424 g/mol. The molecule has 0 aliphatic heterocycles. The van der Waals surface area contributed by atoms with Crippen LogP contribution in [-0.4, -0.2) is 33.3 Å². The summed E-state index contributed by atoms with van der Waals surface area (Å²) in [5.41, 5.74) is 1.28. The largest absolute Gasteiger partial charge is 1.00 e. The second-order valence-electron chi connectivity index (χ2n) is 11.1. The third-order valence-electron chi connectivity index (χ3n) is 10.1. The zero-order chi connectivity index (χ0) is 22.0. The van der Waals surface area contributed by atoms with E-state index in [1.165, 1.54) is 5.57 Å². The molecule has 6 unspecified atom stereocenters. The monoisotopic (exact) mass is 460 g/mol. The van der Waals surface area contributed by atoms with Crippen LogP contribution >= 0.6 is 0 Å². The predicted molar refractivity (Wildman–Crippen MR) is 119 cm³/mol. The molecule has 0 spiro atoms. The molecule has 0 amide bonds. The number of oxime groups is 1. The van der Waals surface area contributed by atoms with Gasteiger partial charge in [0.05, 0.1) is 6.10 Å². The number of halogens is 1. The fraction of sp³-hybridized carbons (Fsp3) is 0.692. The molecule has 0 radical (unpaired) electrons. The zero-order valence-corrected chi connectivity index (χ0v) is 20.2. The van der Waals surface area contributed by atoms with Gasteiger partial charge in [-0.15, -0.1) is 0 Å². The second-order valence-corrected chi connectivity index (χ2v) is 11.1. The third-order valence-corrected chi connectivity index (χ3v) is 10.1. The average molecular weight is 461 g/mol. The Labute approximate surface area is 197 Å². The number of fused-ring (bicyclic) bond motifs is 5. The van der Waals surface area contributed by atoms with E-state index in [9.17, 15) is 15.4 Å². The van der Waals surface area contributed by atoms with Crippen LogP contribution in [0.2, 0.25) is 0 Å². The van der Waals surface area contributed by atoms with E-state index in [4.69, 9.17) is 0 Å². The maximum absolute atomic E-state index is 11.7. The maximum atomic E-state index is 11.7. The van der Waals surface area contributed by atoms with E-state index in [0.717, 1.165) is 44.9 Å². The highest BCUT2D eigenvalue weighted by Crippen LogP contribution is 2.68. The van der Waals surface area contributed by atoms with Gasteiger partial charge in [0.15, 0.2) is 12.4 Å². The Balaban J connectivity index is 0.00000245. The van der Waals surface area contributed by atoms with Gasteiger partial charge >= 0.3 is 0 Å². The molecule has 1 aromatic heterocycles. The molecule has 8 atom stereocenters. The fourth-order valence-corrected chi connectivity index (χ4v) is 8.68. The minimum absolute atomic E-state index is 0. The molecular formula is C26H37ClN2O3. The first-order chi connectivity index (χ1) is 14.8. The molecule has 0 aromatic carbocycles. The van der Waals surface area contributed by atoms with E-state index in [1.807, 2.05) is 37.5 Å². The molecule has 0 saturated heterocycles. The lowest BCUT2D eigenvalue weighted by Crippen LogP contribution is -3.00. The molecule has 3 N–H and O–H groups in total. The fourth-order valence-electron chi connectivity index (χ4n) is 8.68. The number of pyridine rings is 1. The highest BCUT2D eigenvalue weighted by Gasteiger charge is 2.74. The van der Waals surface area contributed by atoms with Crippen LogP contribution in [0.15, 0.2) is 47.4 Å². The van der Waals surface area contributed by atoms with E-state index in [2.05, 4.69) is 29.6 Å². The molecule has 1 aromatic rings. The Morgan fingerprint density at radius 2 is 1.78 bits per heavy atom. The van der Waals surface area contributed by atoms with Gasteiger partial charge in [0.25, 0.3) is 0 Å². The van der Waals surface area contributed by atoms with Crippen molar-refractivity contribution in [3.05, 3.63) is 42.2 Å². The molecule has 4 aliphatic rings. The zero-order valence-electron chi connectivity index (χ0n) is 19.4. The van der Waals surface area contributed by atoms with Crippen LogP contribution in [0.5, 0.6) is 0 Å². The summed E-state index contributed by atoms with van der Waals surface area (Å²) in [6, 6.07) is 5.97. The van der Waals surface area contributed by atoms with Gasteiger partial charge in [-0.25, -0.2) is 0 Å². The summed E-state index contributed by atoms with van der Waals surface area (Å²) in [6.45, 7) is 6.62.